The van der Waals surface area contributed by atoms with Crippen molar-refractivity contribution in [3.63, 3.8) is 0 Å². The van der Waals surface area contributed by atoms with Crippen LogP contribution in [-0.2, 0) is 16.7 Å². The molecular formula is C41H50N4O6. The van der Waals surface area contributed by atoms with E-state index in [1.165, 1.54) is 5.56 Å². The van der Waals surface area contributed by atoms with Crippen molar-refractivity contribution in [2.45, 2.75) is 44.1 Å². The number of para-hydroxylation sites is 2. The molecule has 2 fully saturated rings. The minimum Gasteiger partial charge on any atom is -0.493 e. The van der Waals surface area contributed by atoms with Gasteiger partial charge in [0.1, 0.15) is 0 Å². The van der Waals surface area contributed by atoms with Gasteiger partial charge in [-0.1, -0.05) is 48.5 Å². The Morgan fingerprint density at radius 2 is 1.63 bits per heavy atom. The summed E-state index contributed by atoms with van der Waals surface area (Å²) in [6.07, 6.45) is 6.13. The number of imidazole rings is 1. The van der Waals surface area contributed by atoms with Crippen molar-refractivity contribution in [3.8, 4) is 17.2 Å². The van der Waals surface area contributed by atoms with Crippen molar-refractivity contribution in [2.24, 2.45) is 5.92 Å². The number of hydrogen-bond acceptors (Lipinski definition) is 8. The van der Waals surface area contributed by atoms with Gasteiger partial charge in [0, 0.05) is 36.5 Å². The highest BCUT2D eigenvalue weighted by atomic mass is 16.5. The Labute approximate surface area is 300 Å². The van der Waals surface area contributed by atoms with E-state index in [1.807, 2.05) is 39.8 Å². The van der Waals surface area contributed by atoms with Crippen LogP contribution in [-0.4, -0.2) is 98.3 Å². The zero-order valence-electron chi connectivity index (χ0n) is 30.1. The highest BCUT2D eigenvalue weighted by molar-refractivity contribution is 5.98. The van der Waals surface area contributed by atoms with E-state index in [-0.39, 0.29) is 23.0 Å². The molecule has 270 valence electrons. The van der Waals surface area contributed by atoms with Gasteiger partial charge in [0.15, 0.2) is 17.3 Å². The number of likely N-dealkylation sites (tertiary alicyclic amines) is 2. The summed E-state index contributed by atoms with van der Waals surface area (Å²) in [5.41, 5.74) is 3.36. The molecule has 0 bridgehead atoms. The topological polar surface area (TPSA) is 95.4 Å². The Kier molecular flexibility index (Phi) is 11.7. The van der Waals surface area contributed by atoms with Gasteiger partial charge in [0.2, 0.25) is 11.5 Å². The minimum atomic E-state index is -0.193. The maximum atomic E-state index is 14.1. The summed E-state index contributed by atoms with van der Waals surface area (Å²) in [4.78, 5) is 37.3. The van der Waals surface area contributed by atoms with E-state index < -0.39 is 0 Å². The van der Waals surface area contributed by atoms with Gasteiger partial charge in [0.05, 0.1) is 45.6 Å². The number of Topliss-reactive ketones (excluding diaryl/α,β-unsaturated/α-hetero) is 1. The SMILES string of the molecule is C=CCOCCn1c(C(=O)C2CCN(CCC3(c4ccccc4)CCCN(C(=O)c4cc(OC)c(OC)c(OC)c4)C3)CC2)nc2ccccc21. The summed E-state index contributed by atoms with van der Waals surface area (Å²) in [5.74, 6) is 1.91. The lowest BCUT2D eigenvalue weighted by Gasteiger charge is -2.45. The van der Waals surface area contributed by atoms with Crippen molar-refractivity contribution in [2.75, 3.05) is 67.3 Å². The number of carbonyl (C=O) groups is 2. The van der Waals surface area contributed by atoms with E-state index in [1.54, 1.807) is 39.5 Å². The van der Waals surface area contributed by atoms with Crippen molar-refractivity contribution < 1.29 is 28.5 Å². The molecular weight excluding hydrogens is 644 g/mol. The van der Waals surface area contributed by atoms with Crippen LogP contribution in [0.3, 0.4) is 0 Å². The molecule has 10 nitrogen and oxygen atoms in total. The number of methoxy groups -OCH3 is 3. The molecule has 4 aromatic rings. The molecule has 10 heteroatoms. The Morgan fingerprint density at radius 3 is 2.31 bits per heavy atom. The van der Waals surface area contributed by atoms with Gasteiger partial charge in [-0.2, -0.15) is 0 Å². The molecule has 1 unspecified atom stereocenters. The van der Waals surface area contributed by atoms with Crippen LogP contribution in [0.4, 0.5) is 0 Å². The number of benzene rings is 3. The Bertz CT molecular complexity index is 1790. The monoisotopic (exact) mass is 694 g/mol. The fraction of sp³-hybridized carbons (Fsp3) is 0.439. The van der Waals surface area contributed by atoms with Crippen LogP contribution < -0.4 is 14.2 Å². The standard InChI is InChI=1S/C41H50N4O6/c1-5-25-51-26-24-45-34-15-10-9-14-33(34)42-39(45)37(46)30-16-21-43(22-17-30)23-19-41(32-12-7-6-8-13-32)18-11-20-44(29-41)40(47)31-27-35(48-2)38(50-4)36(28-31)49-3/h5-10,12-15,27-28,30H,1,11,16-26,29H2,2-4H3. The van der Waals surface area contributed by atoms with Crippen molar-refractivity contribution in [1.29, 1.82) is 0 Å². The molecule has 0 radical (unpaired) electrons. The molecule has 0 saturated carbocycles. The number of fused-ring (bicyclic) bond motifs is 1. The van der Waals surface area contributed by atoms with Gasteiger partial charge < -0.3 is 33.3 Å². The average molecular weight is 695 g/mol. The quantitative estimate of drug-likeness (QED) is 0.0800. The second kappa shape index (κ2) is 16.6. The van der Waals surface area contributed by atoms with Crippen LogP contribution in [0.15, 0.2) is 79.4 Å². The largest absolute Gasteiger partial charge is 0.493 e. The number of nitrogens with zero attached hydrogens (tertiary/aromatic N) is 4. The third-order valence-electron chi connectivity index (χ3n) is 10.6. The third-order valence-corrected chi connectivity index (χ3v) is 10.6. The van der Waals surface area contributed by atoms with Crippen LogP contribution >= 0.6 is 0 Å². The normalized spacial score (nSPS) is 18.5. The lowest BCUT2D eigenvalue weighted by molar-refractivity contribution is 0.0600. The molecule has 1 atom stereocenters. The Morgan fingerprint density at radius 1 is 0.922 bits per heavy atom. The summed E-state index contributed by atoms with van der Waals surface area (Å²) < 4.78 is 24.3. The summed E-state index contributed by atoms with van der Waals surface area (Å²) in [6, 6.07) is 22.0. The smallest absolute Gasteiger partial charge is 0.254 e. The third kappa shape index (κ3) is 7.82. The molecule has 1 amide bonds. The summed E-state index contributed by atoms with van der Waals surface area (Å²) in [5, 5.41) is 0. The molecule has 2 aliphatic heterocycles. The molecule has 3 aromatic carbocycles. The second-order valence-electron chi connectivity index (χ2n) is 13.6. The first-order valence-electron chi connectivity index (χ1n) is 18.0. The van der Waals surface area contributed by atoms with Gasteiger partial charge >= 0.3 is 0 Å². The predicted octanol–water partition coefficient (Wildman–Crippen LogP) is 6.42. The van der Waals surface area contributed by atoms with Gasteiger partial charge in [0.25, 0.3) is 5.91 Å². The van der Waals surface area contributed by atoms with Crippen LogP contribution in [0, 0.1) is 5.92 Å². The zero-order chi connectivity index (χ0) is 35.8. The zero-order valence-corrected chi connectivity index (χ0v) is 30.1. The molecule has 3 heterocycles. The number of aromatic nitrogens is 2. The summed E-state index contributed by atoms with van der Waals surface area (Å²) in [6.45, 7) is 9.13. The fourth-order valence-electron chi connectivity index (χ4n) is 7.85. The van der Waals surface area contributed by atoms with E-state index in [4.69, 9.17) is 23.9 Å². The highest BCUT2D eigenvalue weighted by Gasteiger charge is 2.40. The van der Waals surface area contributed by atoms with E-state index in [0.717, 1.165) is 62.8 Å². The van der Waals surface area contributed by atoms with Crippen LogP contribution in [0.1, 0.15) is 58.6 Å². The van der Waals surface area contributed by atoms with Crippen LogP contribution in [0.2, 0.25) is 0 Å². The first-order chi connectivity index (χ1) is 24.9. The van der Waals surface area contributed by atoms with E-state index in [0.29, 0.717) is 61.5 Å². The van der Waals surface area contributed by atoms with Gasteiger partial charge in [-0.05, 0) is 81.6 Å². The molecule has 2 saturated heterocycles. The molecule has 2 aliphatic rings. The fourth-order valence-corrected chi connectivity index (χ4v) is 7.85. The number of ketones is 1. The lowest BCUT2D eigenvalue weighted by atomic mass is 9.71. The van der Waals surface area contributed by atoms with Gasteiger partial charge in [-0.3, -0.25) is 9.59 Å². The van der Waals surface area contributed by atoms with Crippen molar-refractivity contribution >= 4 is 22.7 Å². The number of rotatable bonds is 15. The first-order valence-corrected chi connectivity index (χ1v) is 18.0. The predicted molar refractivity (Wildman–Crippen MR) is 198 cm³/mol. The molecule has 51 heavy (non-hydrogen) atoms. The van der Waals surface area contributed by atoms with Crippen molar-refractivity contribution in [1.82, 2.24) is 19.4 Å². The second-order valence-corrected chi connectivity index (χ2v) is 13.6. The van der Waals surface area contributed by atoms with E-state index in [9.17, 15) is 9.59 Å². The number of carbonyl (C=O) groups excluding carboxylic acids is 2. The van der Waals surface area contributed by atoms with Crippen LogP contribution in [0.5, 0.6) is 17.2 Å². The Balaban J connectivity index is 1.14. The summed E-state index contributed by atoms with van der Waals surface area (Å²) in [7, 11) is 4.68. The average Bonchev–Trinajstić information content (AvgIpc) is 3.56. The molecule has 0 spiro atoms. The molecule has 6 rings (SSSR count). The maximum absolute atomic E-state index is 14.1. The minimum absolute atomic E-state index is 0.0492. The number of hydrogen-bond donors (Lipinski definition) is 0. The number of piperidine rings is 2. The van der Waals surface area contributed by atoms with Crippen LogP contribution in [0.25, 0.3) is 11.0 Å². The maximum Gasteiger partial charge on any atom is 0.254 e. The lowest BCUT2D eigenvalue weighted by Crippen LogP contribution is -2.50. The van der Waals surface area contributed by atoms with Gasteiger partial charge in [-0.15, -0.1) is 6.58 Å². The first kappa shape index (κ1) is 36.1. The molecule has 0 N–H and O–H groups in total. The highest BCUT2D eigenvalue weighted by Crippen LogP contribution is 2.41. The van der Waals surface area contributed by atoms with Crippen molar-refractivity contribution in [3.05, 3.63) is 96.3 Å². The molecule has 0 aliphatic carbocycles. The van der Waals surface area contributed by atoms with E-state index in [2.05, 4.69) is 35.7 Å². The number of amides is 1. The van der Waals surface area contributed by atoms with Gasteiger partial charge in [-0.25, -0.2) is 4.98 Å². The molecule has 1 aromatic heterocycles. The van der Waals surface area contributed by atoms with E-state index >= 15 is 0 Å². The summed E-state index contributed by atoms with van der Waals surface area (Å²) >= 11 is 0. The number of ether oxygens (including phenoxy) is 4. The Hall–Kier alpha value is -4.67.